The number of alkyl halides is 3. The van der Waals surface area contributed by atoms with Gasteiger partial charge in [-0.25, -0.2) is 4.98 Å². The molecule has 0 unspecified atom stereocenters. The molecule has 2 amide bonds. The Morgan fingerprint density at radius 3 is 2.22 bits per heavy atom. The van der Waals surface area contributed by atoms with E-state index in [1.807, 2.05) is 0 Å². The standard InChI is InChI=1S/C30H30F3N3O4S/c31-30(32,33)21-9-5-18(6-10-21)23-3-1-2-4-24(23)28(38)36-15-13-19(14-16-36)27-35-25(17-41-27)26(37)34-22-11-7-20(8-12-22)29(39)40/h1-6,9-10,17,19-20,22H,7-8,11-16H2,(H,34,37)(H,39,40)/t20-,22+. The fourth-order valence-corrected chi connectivity index (χ4v) is 6.55. The number of carbonyl (C=O) groups excluding carboxylic acids is 2. The number of aromatic nitrogens is 1. The molecular formula is C30H30F3N3O4S. The molecule has 0 bridgehead atoms. The van der Waals surface area contributed by atoms with Gasteiger partial charge in [-0.1, -0.05) is 30.3 Å². The van der Waals surface area contributed by atoms with Crippen LogP contribution in [0.25, 0.3) is 11.1 Å². The third kappa shape index (κ3) is 6.61. The predicted octanol–water partition coefficient (Wildman–Crippen LogP) is 6.22. The van der Waals surface area contributed by atoms with E-state index < -0.39 is 17.7 Å². The summed E-state index contributed by atoms with van der Waals surface area (Å²) in [6.45, 7) is 0.998. The Labute approximate surface area is 239 Å². The van der Waals surface area contributed by atoms with Crippen molar-refractivity contribution >= 4 is 29.1 Å². The van der Waals surface area contributed by atoms with E-state index in [1.165, 1.54) is 23.5 Å². The van der Waals surface area contributed by atoms with Crippen molar-refractivity contribution in [2.75, 3.05) is 13.1 Å². The van der Waals surface area contributed by atoms with Crippen molar-refractivity contribution in [3.8, 4) is 11.1 Å². The molecule has 1 saturated heterocycles. The Morgan fingerprint density at radius 1 is 0.927 bits per heavy atom. The highest BCUT2D eigenvalue weighted by atomic mass is 32.1. The maximum absolute atomic E-state index is 13.5. The number of piperidine rings is 1. The van der Waals surface area contributed by atoms with Crippen LogP contribution >= 0.6 is 11.3 Å². The molecule has 216 valence electrons. The van der Waals surface area contributed by atoms with Gasteiger partial charge in [0.1, 0.15) is 5.69 Å². The molecule has 2 fully saturated rings. The molecule has 2 aliphatic rings. The van der Waals surface area contributed by atoms with E-state index in [2.05, 4.69) is 10.3 Å². The second-order valence-corrected chi connectivity index (χ2v) is 11.5. The van der Waals surface area contributed by atoms with Crippen molar-refractivity contribution in [3.63, 3.8) is 0 Å². The summed E-state index contributed by atoms with van der Waals surface area (Å²) in [6.07, 6.45) is -0.696. The maximum Gasteiger partial charge on any atom is 0.416 e. The lowest BCUT2D eigenvalue weighted by Crippen LogP contribution is -2.39. The number of hydrogen-bond acceptors (Lipinski definition) is 5. The van der Waals surface area contributed by atoms with Crippen molar-refractivity contribution in [2.45, 2.75) is 56.7 Å². The van der Waals surface area contributed by atoms with Crippen molar-refractivity contribution in [3.05, 3.63) is 75.7 Å². The molecule has 5 rings (SSSR count). The largest absolute Gasteiger partial charge is 0.481 e. The van der Waals surface area contributed by atoms with Crippen LogP contribution < -0.4 is 5.32 Å². The zero-order valence-corrected chi connectivity index (χ0v) is 23.0. The SMILES string of the molecule is O=C(N[C@H]1CC[C@@H](C(=O)O)CC1)c1csc(C2CCN(C(=O)c3ccccc3-c3ccc(C(F)(F)F)cc3)CC2)n1. The van der Waals surface area contributed by atoms with E-state index in [1.54, 1.807) is 34.5 Å². The number of rotatable bonds is 6. The summed E-state index contributed by atoms with van der Waals surface area (Å²) in [5.41, 5.74) is 1.18. The highest BCUT2D eigenvalue weighted by Gasteiger charge is 2.31. The van der Waals surface area contributed by atoms with Gasteiger partial charge in [-0.05, 0) is 67.9 Å². The number of hydrogen-bond donors (Lipinski definition) is 2. The fraction of sp³-hybridized carbons (Fsp3) is 0.400. The third-order valence-corrected chi connectivity index (χ3v) is 8.99. The summed E-state index contributed by atoms with van der Waals surface area (Å²) in [5, 5.41) is 14.7. The average molecular weight is 586 g/mol. The molecule has 0 radical (unpaired) electrons. The smallest absolute Gasteiger partial charge is 0.416 e. The first-order valence-electron chi connectivity index (χ1n) is 13.6. The molecule has 2 heterocycles. The Kier molecular flexibility index (Phi) is 8.44. The molecule has 11 heteroatoms. The molecule has 1 saturated carbocycles. The number of carboxylic acids is 1. The monoisotopic (exact) mass is 585 g/mol. The minimum Gasteiger partial charge on any atom is -0.481 e. The molecule has 1 aromatic heterocycles. The molecule has 3 aromatic rings. The van der Waals surface area contributed by atoms with E-state index in [0.717, 1.165) is 17.1 Å². The summed E-state index contributed by atoms with van der Waals surface area (Å²) in [5.74, 6) is -1.43. The van der Waals surface area contributed by atoms with Gasteiger partial charge in [-0.2, -0.15) is 13.2 Å². The molecule has 1 aliphatic carbocycles. The topological polar surface area (TPSA) is 99.6 Å². The van der Waals surface area contributed by atoms with E-state index in [0.29, 0.717) is 74.0 Å². The maximum atomic E-state index is 13.5. The van der Waals surface area contributed by atoms with Gasteiger partial charge in [0.05, 0.1) is 16.5 Å². The van der Waals surface area contributed by atoms with E-state index in [9.17, 15) is 27.6 Å². The van der Waals surface area contributed by atoms with E-state index >= 15 is 0 Å². The second-order valence-electron chi connectivity index (χ2n) is 10.6. The zero-order valence-electron chi connectivity index (χ0n) is 22.2. The normalized spacial score (nSPS) is 20.0. The number of nitrogens with one attached hydrogen (secondary N) is 1. The van der Waals surface area contributed by atoms with E-state index in [4.69, 9.17) is 5.11 Å². The van der Waals surface area contributed by atoms with Gasteiger partial charge < -0.3 is 15.3 Å². The first-order valence-corrected chi connectivity index (χ1v) is 14.5. The molecule has 7 nitrogen and oxygen atoms in total. The number of benzene rings is 2. The number of thiazole rings is 1. The Bertz CT molecular complexity index is 1410. The van der Waals surface area contributed by atoms with Crippen LogP contribution in [0.2, 0.25) is 0 Å². The van der Waals surface area contributed by atoms with Gasteiger partial charge in [0.25, 0.3) is 11.8 Å². The molecule has 0 spiro atoms. The summed E-state index contributed by atoms with van der Waals surface area (Å²) in [6, 6.07) is 11.7. The van der Waals surface area contributed by atoms with E-state index in [-0.39, 0.29) is 29.7 Å². The predicted molar refractivity (Wildman–Crippen MR) is 148 cm³/mol. The first-order chi connectivity index (χ1) is 19.6. The minimum atomic E-state index is -4.43. The molecule has 2 aromatic carbocycles. The van der Waals surface area contributed by atoms with Gasteiger partial charge in [-0.3, -0.25) is 14.4 Å². The van der Waals surface area contributed by atoms with Crippen LogP contribution in [0.1, 0.15) is 75.9 Å². The summed E-state index contributed by atoms with van der Waals surface area (Å²) >= 11 is 1.43. The molecule has 0 atom stereocenters. The van der Waals surface area contributed by atoms with Crippen LogP contribution in [-0.2, 0) is 11.0 Å². The highest BCUT2D eigenvalue weighted by Crippen LogP contribution is 2.34. The van der Waals surface area contributed by atoms with Crippen molar-refractivity contribution in [1.29, 1.82) is 0 Å². The zero-order chi connectivity index (χ0) is 29.1. The summed E-state index contributed by atoms with van der Waals surface area (Å²) in [7, 11) is 0. The van der Waals surface area contributed by atoms with Crippen LogP contribution in [0.15, 0.2) is 53.9 Å². The lowest BCUT2D eigenvalue weighted by Gasteiger charge is -2.31. The highest BCUT2D eigenvalue weighted by molar-refractivity contribution is 7.09. The number of halogens is 3. The number of likely N-dealkylation sites (tertiary alicyclic amines) is 1. The third-order valence-electron chi connectivity index (χ3n) is 7.98. The Hall–Kier alpha value is -3.73. The number of amides is 2. The average Bonchev–Trinajstić information content (AvgIpc) is 3.48. The number of nitrogens with zero attached hydrogens (tertiary/aromatic N) is 2. The van der Waals surface area contributed by atoms with Gasteiger partial charge in [0.15, 0.2) is 0 Å². The van der Waals surface area contributed by atoms with Gasteiger partial charge in [-0.15, -0.1) is 11.3 Å². The van der Waals surface area contributed by atoms with Crippen molar-refractivity contribution < 1.29 is 32.7 Å². The number of carbonyl (C=O) groups is 3. The van der Waals surface area contributed by atoms with Crippen LogP contribution in [0.5, 0.6) is 0 Å². The molecule has 1 aliphatic heterocycles. The summed E-state index contributed by atoms with van der Waals surface area (Å²) < 4.78 is 39.0. The Balaban J connectivity index is 1.18. The molecule has 2 N–H and O–H groups in total. The number of aliphatic carboxylic acids is 1. The molecular weight excluding hydrogens is 555 g/mol. The van der Waals surface area contributed by atoms with Crippen LogP contribution in [0.3, 0.4) is 0 Å². The molecule has 41 heavy (non-hydrogen) atoms. The van der Waals surface area contributed by atoms with Crippen molar-refractivity contribution in [1.82, 2.24) is 15.2 Å². The second kappa shape index (κ2) is 12.0. The Morgan fingerprint density at radius 2 is 1.59 bits per heavy atom. The van der Waals surface area contributed by atoms with Gasteiger partial charge >= 0.3 is 12.1 Å². The lowest BCUT2D eigenvalue weighted by molar-refractivity contribution is -0.143. The van der Waals surface area contributed by atoms with Gasteiger partial charge in [0.2, 0.25) is 0 Å². The lowest BCUT2D eigenvalue weighted by atomic mass is 9.86. The van der Waals surface area contributed by atoms with Crippen molar-refractivity contribution in [2.24, 2.45) is 5.92 Å². The minimum absolute atomic E-state index is 0.0528. The van der Waals surface area contributed by atoms with Crippen LogP contribution in [0, 0.1) is 5.92 Å². The van der Waals surface area contributed by atoms with Gasteiger partial charge in [0, 0.05) is 36.0 Å². The van der Waals surface area contributed by atoms with Crippen LogP contribution in [0.4, 0.5) is 13.2 Å². The summed E-state index contributed by atoms with van der Waals surface area (Å²) in [4.78, 5) is 43.7. The van der Waals surface area contributed by atoms with Crippen LogP contribution in [-0.4, -0.2) is 51.9 Å². The number of carboxylic acid groups (broad SMARTS) is 1. The fourth-order valence-electron chi connectivity index (χ4n) is 5.58. The quantitative estimate of drug-likeness (QED) is 0.358. The first kappa shape index (κ1) is 28.8.